The molecule has 7 heteroatoms. The second-order valence-corrected chi connectivity index (χ2v) is 7.21. The first-order valence-corrected chi connectivity index (χ1v) is 9.46. The molecule has 0 unspecified atom stereocenters. The molecule has 1 saturated heterocycles. The van der Waals surface area contributed by atoms with E-state index in [9.17, 15) is 4.79 Å². The minimum atomic E-state index is 0.0624. The monoisotopic (exact) mass is 379 g/mol. The molecule has 3 heterocycles. The molecular weight excluding hydrogens is 354 g/mol. The van der Waals surface area contributed by atoms with Crippen LogP contribution in [0.2, 0.25) is 0 Å². The number of amides is 1. The van der Waals surface area contributed by atoms with Crippen LogP contribution in [0, 0.1) is 13.8 Å². The van der Waals surface area contributed by atoms with Crippen LogP contribution in [0.25, 0.3) is 10.9 Å². The van der Waals surface area contributed by atoms with Gasteiger partial charge in [-0.15, -0.1) is 0 Å². The Hall–Kier alpha value is -3.09. The van der Waals surface area contributed by atoms with Crippen molar-refractivity contribution in [2.75, 3.05) is 38.2 Å². The van der Waals surface area contributed by atoms with Crippen LogP contribution in [0.1, 0.15) is 22.0 Å². The maximum atomic E-state index is 13.1. The Labute approximate surface area is 164 Å². The molecule has 0 atom stereocenters. The zero-order chi connectivity index (χ0) is 19.8. The van der Waals surface area contributed by atoms with Gasteiger partial charge in [0.2, 0.25) is 0 Å². The predicted octanol–water partition coefficient (Wildman–Crippen LogP) is 2.56. The smallest absolute Gasteiger partial charge is 0.270 e. The average molecular weight is 379 g/mol. The fourth-order valence-corrected chi connectivity index (χ4v) is 3.80. The number of carbonyl (C=O) groups is 1. The van der Waals surface area contributed by atoms with Crippen LogP contribution in [0.15, 0.2) is 30.3 Å². The molecule has 3 aromatic rings. The lowest BCUT2D eigenvalue weighted by molar-refractivity contribution is 0.0737. The first kappa shape index (κ1) is 18.3. The summed E-state index contributed by atoms with van der Waals surface area (Å²) >= 11 is 0. The minimum absolute atomic E-state index is 0.0624. The highest BCUT2D eigenvalue weighted by atomic mass is 16.5. The Morgan fingerprint density at radius 1 is 1.04 bits per heavy atom. The van der Waals surface area contributed by atoms with Crippen LogP contribution in [0.4, 0.5) is 5.82 Å². The van der Waals surface area contributed by atoms with Gasteiger partial charge in [-0.3, -0.25) is 4.79 Å². The summed E-state index contributed by atoms with van der Waals surface area (Å²) in [6.07, 6.45) is 0. The molecule has 0 N–H and O–H groups in total. The summed E-state index contributed by atoms with van der Waals surface area (Å²) in [5.41, 5.74) is 2.66. The van der Waals surface area contributed by atoms with Gasteiger partial charge >= 0.3 is 0 Å². The molecule has 1 aliphatic rings. The average Bonchev–Trinajstić information content (AvgIpc) is 3.02. The number of hydrogen-bond donors (Lipinski definition) is 0. The molecule has 0 spiro atoms. The number of anilines is 1. The largest absolute Gasteiger partial charge is 0.497 e. The van der Waals surface area contributed by atoms with E-state index in [1.807, 2.05) is 60.7 Å². The van der Waals surface area contributed by atoms with Gasteiger partial charge < -0.3 is 19.1 Å². The summed E-state index contributed by atoms with van der Waals surface area (Å²) in [6.45, 7) is 6.76. The van der Waals surface area contributed by atoms with Crippen LogP contribution in [-0.4, -0.2) is 58.6 Å². The van der Waals surface area contributed by atoms with Gasteiger partial charge in [-0.05, 0) is 32.0 Å². The van der Waals surface area contributed by atoms with Crippen molar-refractivity contribution in [1.29, 1.82) is 0 Å². The Bertz CT molecular complexity index is 1010. The van der Waals surface area contributed by atoms with Crippen LogP contribution in [-0.2, 0) is 7.05 Å². The van der Waals surface area contributed by atoms with Gasteiger partial charge in [0.15, 0.2) is 0 Å². The van der Waals surface area contributed by atoms with Crippen molar-refractivity contribution >= 4 is 22.6 Å². The lowest BCUT2D eigenvalue weighted by atomic mass is 10.2. The number of hydrogen-bond acceptors (Lipinski definition) is 5. The quantitative estimate of drug-likeness (QED) is 0.700. The highest BCUT2D eigenvalue weighted by Gasteiger charge is 2.25. The molecule has 0 radical (unpaired) electrons. The lowest BCUT2D eigenvalue weighted by Crippen LogP contribution is -2.49. The molecule has 4 rings (SSSR count). The molecule has 0 aliphatic carbocycles. The van der Waals surface area contributed by atoms with Crippen LogP contribution < -0.4 is 9.64 Å². The van der Waals surface area contributed by atoms with Crippen molar-refractivity contribution in [3.05, 3.63) is 47.5 Å². The zero-order valence-electron chi connectivity index (χ0n) is 16.8. The van der Waals surface area contributed by atoms with Gasteiger partial charge in [0.1, 0.15) is 23.1 Å². The third kappa shape index (κ3) is 3.28. The topological polar surface area (TPSA) is 63.5 Å². The number of nitrogens with zero attached hydrogens (tertiary/aromatic N) is 5. The van der Waals surface area contributed by atoms with E-state index in [1.54, 1.807) is 7.11 Å². The molecule has 2 aromatic heterocycles. The summed E-state index contributed by atoms with van der Waals surface area (Å²) in [4.78, 5) is 26.1. The third-order valence-corrected chi connectivity index (χ3v) is 5.32. The number of benzene rings is 1. The van der Waals surface area contributed by atoms with E-state index in [0.29, 0.717) is 18.8 Å². The van der Waals surface area contributed by atoms with Gasteiger partial charge in [0.05, 0.1) is 12.6 Å². The number of methoxy groups -OCH3 is 1. The van der Waals surface area contributed by atoms with Gasteiger partial charge in [0, 0.05) is 56.4 Å². The molecule has 28 heavy (non-hydrogen) atoms. The van der Waals surface area contributed by atoms with Crippen LogP contribution in [0.5, 0.6) is 5.75 Å². The van der Waals surface area contributed by atoms with E-state index < -0.39 is 0 Å². The highest BCUT2D eigenvalue weighted by molar-refractivity contribution is 5.99. The maximum Gasteiger partial charge on any atom is 0.270 e. The molecule has 1 aromatic carbocycles. The highest BCUT2D eigenvalue weighted by Crippen LogP contribution is 2.25. The number of fused-ring (bicyclic) bond motifs is 1. The molecule has 0 bridgehead atoms. The summed E-state index contributed by atoms with van der Waals surface area (Å²) in [7, 11) is 3.58. The molecule has 1 amide bonds. The van der Waals surface area contributed by atoms with Gasteiger partial charge in [-0.25, -0.2) is 9.97 Å². The van der Waals surface area contributed by atoms with Crippen LogP contribution >= 0.6 is 0 Å². The van der Waals surface area contributed by atoms with Crippen molar-refractivity contribution in [3.63, 3.8) is 0 Å². The van der Waals surface area contributed by atoms with E-state index in [4.69, 9.17) is 4.74 Å². The summed E-state index contributed by atoms with van der Waals surface area (Å²) < 4.78 is 7.26. The van der Waals surface area contributed by atoms with Gasteiger partial charge in [-0.1, -0.05) is 0 Å². The molecule has 0 saturated carbocycles. The van der Waals surface area contributed by atoms with Crippen molar-refractivity contribution in [2.45, 2.75) is 13.8 Å². The second-order valence-electron chi connectivity index (χ2n) is 7.21. The fraction of sp³-hybridized carbons (Fsp3) is 0.381. The van der Waals surface area contributed by atoms with Crippen molar-refractivity contribution in [3.8, 4) is 5.75 Å². The molecule has 1 aliphatic heterocycles. The lowest BCUT2D eigenvalue weighted by Gasteiger charge is -2.35. The normalized spacial score (nSPS) is 14.6. The molecule has 7 nitrogen and oxygen atoms in total. The van der Waals surface area contributed by atoms with E-state index >= 15 is 0 Å². The summed E-state index contributed by atoms with van der Waals surface area (Å²) in [5.74, 6) is 2.57. The number of aromatic nitrogens is 3. The minimum Gasteiger partial charge on any atom is -0.497 e. The number of piperazine rings is 1. The Morgan fingerprint density at radius 3 is 2.46 bits per heavy atom. The van der Waals surface area contributed by atoms with E-state index in [-0.39, 0.29) is 5.91 Å². The number of aryl methyl sites for hydroxylation is 3. The number of carbonyl (C=O) groups excluding carboxylic acids is 1. The number of rotatable bonds is 3. The third-order valence-electron chi connectivity index (χ3n) is 5.32. The zero-order valence-corrected chi connectivity index (χ0v) is 16.8. The Balaban J connectivity index is 1.51. The summed E-state index contributed by atoms with van der Waals surface area (Å²) in [6, 6.07) is 9.83. The van der Waals surface area contributed by atoms with E-state index in [2.05, 4.69) is 14.9 Å². The predicted molar refractivity (Wildman–Crippen MR) is 109 cm³/mol. The molecular formula is C21H25N5O2. The SMILES string of the molecule is COc1ccc2cc(C(=O)N3CCN(c4cc(C)nc(C)n4)CC3)n(C)c2c1. The Morgan fingerprint density at radius 2 is 1.79 bits per heavy atom. The van der Waals surface area contributed by atoms with Gasteiger partial charge in [-0.2, -0.15) is 0 Å². The maximum absolute atomic E-state index is 13.1. The first-order valence-electron chi connectivity index (χ1n) is 9.46. The standard InChI is InChI=1S/C21H25N5O2/c1-14-11-20(23-15(2)22-14)25-7-9-26(10-8-25)21(27)19-12-16-5-6-17(28-4)13-18(16)24(19)3/h5-6,11-13H,7-10H2,1-4H3. The van der Waals surface area contributed by atoms with Crippen molar-refractivity contribution in [2.24, 2.45) is 7.05 Å². The second kappa shape index (κ2) is 7.14. The van der Waals surface area contributed by atoms with Crippen molar-refractivity contribution < 1.29 is 9.53 Å². The van der Waals surface area contributed by atoms with E-state index in [0.717, 1.165) is 47.1 Å². The first-order chi connectivity index (χ1) is 13.5. The summed E-state index contributed by atoms with van der Waals surface area (Å²) in [5, 5.41) is 1.04. The van der Waals surface area contributed by atoms with Gasteiger partial charge in [0.25, 0.3) is 5.91 Å². The fourth-order valence-electron chi connectivity index (χ4n) is 3.80. The van der Waals surface area contributed by atoms with Crippen LogP contribution in [0.3, 0.4) is 0 Å². The number of ether oxygens (including phenoxy) is 1. The Kier molecular flexibility index (Phi) is 4.66. The molecule has 146 valence electrons. The molecule has 1 fully saturated rings. The van der Waals surface area contributed by atoms with Crippen molar-refractivity contribution in [1.82, 2.24) is 19.4 Å². The van der Waals surface area contributed by atoms with E-state index in [1.165, 1.54) is 0 Å².